The van der Waals surface area contributed by atoms with Crippen molar-refractivity contribution in [3.63, 3.8) is 0 Å². The number of halogens is 3. The molecule has 0 saturated heterocycles. The number of nitrogens with one attached hydrogen (secondary N) is 1. The number of rotatable bonds is 2. The van der Waals surface area contributed by atoms with Gasteiger partial charge in [-0.25, -0.2) is 0 Å². The van der Waals surface area contributed by atoms with E-state index in [1.54, 1.807) is 0 Å². The summed E-state index contributed by atoms with van der Waals surface area (Å²) in [7, 11) is 2.03. The molecule has 1 heterocycles. The van der Waals surface area contributed by atoms with E-state index in [1.165, 1.54) is 0 Å². The van der Waals surface area contributed by atoms with E-state index in [9.17, 15) is 0 Å². The van der Waals surface area contributed by atoms with Crippen LogP contribution in [0.3, 0.4) is 0 Å². The summed E-state index contributed by atoms with van der Waals surface area (Å²) in [6, 6.07) is 5.92. The molecule has 0 saturated carbocycles. The molecule has 94 valence electrons. The Balaban J connectivity index is 0.00000144. The fraction of sp³-hybridized carbons (Fsp3) is 0.364. The molecule has 6 heteroatoms. The standard InChI is InChI=1S/C11H13BrClN3.BrH/c1-16-6-5-14-11(16)15-7-8-3-2-4-9(12)10(8)13;/h2-4H,5-7H2,1H3,(H,14,15);1H. The van der Waals surface area contributed by atoms with Crippen LogP contribution in [-0.4, -0.2) is 31.0 Å². The van der Waals surface area contributed by atoms with Gasteiger partial charge >= 0.3 is 0 Å². The summed E-state index contributed by atoms with van der Waals surface area (Å²) in [4.78, 5) is 6.46. The first kappa shape index (κ1) is 14.8. The van der Waals surface area contributed by atoms with Gasteiger partial charge in [0.05, 0.1) is 11.6 Å². The molecule has 0 aromatic heterocycles. The first-order valence-corrected chi connectivity index (χ1v) is 6.28. The second-order valence-corrected chi connectivity index (χ2v) is 4.93. The molecule has 0 unspecified atom stereocenters. The van der Waals surface area contributed by atoms with E-state index in [2.05, 4.69) is 31.1 Å². The van der Waals surface area contributed by atoms with Gasteiger partial charge in [-0.15, -0.1) is 17.0 Å². The molecule has 17 heavy (non-hydrogen) atoms. The minimum atomic E-state index is 0. The molecule has 0 radical (unpaired) electrons. The monoisotopic (exact) mass is 381 g/mol. The van der Waals surface area contributed by atoms with E-state index < -0.39 is 0 Å². The topological polar surface area (TPSA) is 27.6 Å². The van der Waals surface area contributed by atoms with E-state index in [-0.39, 0.29) is 17.0 Å². The van der Waals surface area contributed by atoms with Crippen molar-refractivity contribution in [2.75, 3.05) is 20.1 Å². The lowest BCUT2D eigenvalue weighted by molar-refractivity contribution is 0.534. The molecule has 3 nitrogen and oxygen atoms in total. The second kappa shape index (κ2) is 6.61. The molecule has 0 atom stereocenters. The fourth-order valence-corrected chi connectivity index (χ4v) is 2.18. The Morgan fingerprint density at radius 1 is 1.53 bits per heavy atom. The number of aliphatic imine (C=N–C) groups is 1. The normalized spacial score (nSPS) is 14.3. The van der Waals surface area contributed by atoms with Crippen LogP contribution in [0.15, 0.2) is 27.7 Å². The minimum Gasteiger partial charge on any atom is -0.352 e. The molecule has 1 N–H and O–H groups in total. The van der Waals surface area contributed by atoms with Crippen molar-refractivity contribution in [2.24, 2.45) is 4.99 Å². The zero-order valence-electron chi connectivity index (χ0n) is 9.41. The molecule has 1 aromatic rings. The maximum atomic E-state index is 6.17. The fourth-order valence-electron chi connectivity index (χ4n) is 1.58. The second-order valence-electron chi connectivity index (χ2n) is 3.69. The van der Waals surface area contributed by atoms with Crippen LogP contribution in [0.4, 0.5) is 0 Å². The van der Waals surface area contributed by atoms with Crippen LogP contribution in [-0.2, 0) is 6.54 Å². The number of likely N-dealkylation sites (N-methyl/N-ethyl adjacent to an activating group) is 1. The SMILES string of the molecule is Br.CN1CCN=C1NCc1cccc(Br)c1Cl. The summed E-state index contributed by atoms with van der Waals surface area (Å²) < 4.78 is 0.926. The molecule has 0 bridgehead atoms. The van der Waals surface area contributed by atoms with Crippen LogP contribution in [0.5, 0.6) is 0 Å². The zero-order chi connectivity index (χ0) is 11.5. The van der Waals surface area contributed by atoms with Gasteiger partial charge in [0.1, 0.15) is 0 Å². The van der Waals surface area contributed by atoms with Gasteiger partial charge in [-0.1, -0.05) is 23.7 Å². The molecule has 0 spiro atoms. The van der Waals surface area contributed by atoms with Crippen molar-refractivity contribution in [3.8, 4) is 0 Å². The number of nitrogens with zero attached hydrogens (tertiary/aromatic N) is 2. The van der Waals surface area contributed by atoms with Gasteiger partial charge in [-0.2, -0.15) is 0 Å². The van der Waals surface area contributed by atoms with Crippen molar-refractivity contribution in [1.82, 2.24) is 10.2 Å². The van der Waals surface area contributed by atoms with Crippen LogP contribution in [0, 0.1) is 0 Å². The molecule has 2 rings (SSSR count). The quantitative estimate of drug-likeness (QED) is 0.850. The average molecular weight is 384 g/mol. The molecule has 0 amide bonds. The summed E-state index contributed by atoms with van der Waals surface area (Å²) >= 11 is 9.59. The van der Waals surface area contributed by atoms with Crippen LogP contribution in [0.25, 0.3) is 0 Å². The summed E-state index contributed by atoms with van der Waals surface area (Å²) in [5.74, 6) is 0.941. The van der Waals surface area contributed by atoms with Gasteiger partial charge < -0.3 is 10.2 Å². The molecule has 0 aliphatic carbocycles. The predicted molar refractivity (Wildman–Crippen MR) is 81.2 cm³/mol. The smallest absolute Gasteiger partial charge is 0.194 e. The third-order valence-corrected chi connectivity index (χ3v) is 3.86. The zero-order valence-corrected chi connectivity index (χ0v) is 13.5. The van der Waals surface area contributed by atoms with Crippen LogP contribution in [0.1, 0.15) is 5.56 Å². The van der Waals surface area contributed by atoms with Crippen molar-refractivity contribution >= 4 is 50.5 Å². The Bertz CT molecular complexity index is 423. The van der Waals surface area contributed by atoms with E-state index in [0.717, 1.165) is 34.1 Å². The lowest BCUT2D eigenvalue weighted by Gasteiger charge is -2.15. The van der Waals surface area contributed by atoms with Gasteiger partial charge in [0.2, 0.25) is 0 Å². The predicted octanol–water partition coefficient (Wildman–Crippen LogP) is 3.07. The average Bonchev–Trinajstić information content (AvgIpc) is 2.67. The summed E-state index contributed by atoms with van der Waals surface area (Å²) in [6.07, 6.45) is 0. The summed E-state index contributed by atoms with van der Waals surface area (Å²) in [5, 5.41) is 4.05. The van der Waals surface area contributed by atoms with Crippen LogP contribution >= 0.6 is 44.5 Å². The lowest BCUT2D eigenvalue weighted by atomic mass is 10.2. The Morgan fingerprint density at radius 3 is 2.94 bits per heavy atom. The minimum absolute atomic E-state index is 0. The number of hydrogen-bond donors (Lipinski definition) is 1. The molecule has 1 aliphatic heterocycles. The number of benzene rings is 1. The molecular weight excluding hydrogens is 369 g/mol. The van der Waals surface area contributed by atoms with E-state index in [0.29, 0.717) is 6.54 Å². The highest BCUT2D eigenvalue weighted by Gasteiger charge is 2.12. The van der Waals surface area contributed by atoms with Crippen molar-refractivity contribution in [2.45, 2.75) is 6.54 Å². The van der Waals surface area contributed by atoms with Gasteiger partial charge in [0, 0.05) is 24.6 Å². The first-order valence-electron chi connectivity index (χ1n) is 5.11. The third kappa shape index (κ3) is 3.60. The highest BCUT2D eigenvalue weighted by Crippen LogP contribution is 2.25. The summed E-state index contributed by atoms with van der Waals surface area (Å²) in [5.41, 5.74) is 1.07. The Labute approximate surface area is 125 Å². The largest absolute Gasteiger partial charge is 0.352 e. The molecular formula is C11H14Br2ClN3. The molecule has 0 fully saturated rings. The highest BCUT2D eigenvalue weighted by molar-refractivity contribution is 9.10. The first-order chi connectivity index (χ1) is 7.68. The van der Waals surface area contributed by atoms with E-state index >= 15 is 0 Å². The van der Waals surface area contributed by atoms with E-state index in [4.69, 9.17) is 11.6 Å². The molecule has 1 aromatic carbocycles. The van der Waals surface area contributed by atoms with E-state index in [1.807, 2.05) is 25.2 Å². The van der Waals surface area contributed by atoms with Crippen LogP contribution in [0.2, 0.25) is 5.02 Å². The highest BCUT2D eigenvalue weighted by atomic mass is 79.9. The Kier molecular flexibility index (Phi) is 5.76. The van der Waals surface area contributed by atoms with Gasteiger partial charge in [-0.3, -0.25) is 4.99 Å². The van der Waals surface area contributed by atoms with Gasteiger partial charge in [0.25, 0.3) is 0 Å². The van der Waals surface area contributed by atoms with Gasteiger partial charge in [-0.05, 0) is 27.6 Å². The Hall–Kier alpha value is -0.260. The van der Waals surface area contributed by atoms with Gasteiger partial charge in [0.15, 0.2) is 5.96 Å². The number of hydrogen-bond acceptors (Lipinski definition) is 3. The van der Waals surface area contributed by atoms with Crippen molar-refractivity contribution in [3.05, 3.63) is 33.3 Å². The van der Waals surface area contributed by atoms with Crippen molar-refractivity contribution < 1.29 is 0 Å². The maximum Gasteiger partial charge on any atom is 0.194 e. The molecule has 1 aliphatic rings. The number of guanidine groups is 1. The lowest BCUT2D eigenvalue weighted by Crippen LogP contribution is -2.35. The van der Waals surface area contributed by atoms with Crippen molar-refractivity contribution in [1.29, 1.82) is 0 Å². The van der Waals surface area contributed by atoms with Crippen LogP contribution < -0.4 is 5.32 Å². The Morgan fingerprint density at radius 2 is 2.29 bits per heavy atom. The maximum absolute atomic E-state index is 6.17. The third-order valence-electron chi connectivity index (χ3n) is 2.53. The summed E-state index contributed by atoms with van der Waals surface area (Å²) in [6.45, 7) is 2.54.